The number of carbonyl (C=O) groups excluding carboxylic acids is 1. The first-order valence-electron chi connectivity index (χ1n) is 10.6. The molecule has 1 aromatic heterocycles. The Kier molecular flexibility index (Phi) is 6.17. The molecule has 1 heterocycles. The molecule has 0 unspecified atom stereocenters. The molecule has 0 amide bonds. The zero-order valence-electron chi connectivity index (χ0n) is 17.5. The molecule has 0 bridgehead atoms. The predicted molar refractivity (Wildman–Crippen MR) is 115 cm³/mol. The molecule has 1 aliphatic carbocycles. The molecule has 3 aromatic rings. The molecular formula is C25H27NO4. The van der Waals surface area contributed by atoms with Crippen LogP contribution in [0.15, 0.2) is 52.9 Å². The van der Waals surface area contributed by atoms with Crippen molar-refractivity contribution in [1.29, 1.82) is 0 Å². The SMILES string of the molecule is CCOC(=O)C[C@@H]1CCc2cc(OCCc3nc(-c4ccccc4)oc3C)ccc21. The number of aryl methyl sites for hydroxylation is 2. The van der Waals surface area contributed by atoms with Gasteiger partial charge in [-0.1, -0.05) is 24.3 Å². The first kappa shape index (κ1) is 20.2. The summed E-state index contributed by atoms with van der Waals surface area (Å²) in [6.07, 6.45) is 3.10. The van der Waals surface area contributed by atoms with Crippen LogP contribution in [0, 0.1) is 6.92 Å². The standard InChI is InChI=1S/C25H27NO4/c1-3-28-24(27)16-20-10-9-19-15-21(11-12-22(19)20)29-14-13-23-17(2)30-25(26-23)18-7-5-4-6-8-18/h4-8,11-12,15,20H,3,9-10,13-14,16H2,1-2H3/t20-/m0/s1. The van der Waals surface area contributed by atoms with Crippen LogP contribution in [0.1, 0.15) is 48.3 Å². The first-order chi connectivity index (χ1) is 14.6. The molecule has 0 spiro atoms. The number of fused-ring (bicyclic) bond motifs is 1. The van der Waals surface area contributed by atoms with Crippen molar-refractivity contribution in [3.63, 3.8) is 0 Å². The lowest BCUT2D eigenvalue weighted by atomic mass is 9.98. The van der Waals surface area contributed by atoms with Gasteiger partial charge in [0.2, 0.25) is 5.89 Å². The van der Waals surface area contributed by atoms with Gasteiger partial charge in [0.05, 0.1) is 25.3 Å². The van der Waals surface area contributed by atoms with E-state index in [9.17, 15) is 4.79 Å². The van der Waals surface area contributed by atoms with Gasteiger partial charge in [-0.2, -0.15) is 0 Å². The van der Waals surface area contributed by atoms with Crippen LogP contribution in [0.4, 0.5) is 0 Å². The van der Waals surface area contributed by atoms with E-state index in [0.717, 1.165) is 35.6 Å². The van der Waals surface area contributed by atoms with Crippen LogP contribution in [-0.4, -0.2) is 24.2 Å². The molecule has 4 rings (SSSR count). The van der Waals surface area contributed by atoms with Gasteiger partial charge in [0.1, 0.15) is 11.5 Å². The van der Waals surface area contributed by atoms with Gasteiger partial charge in [0.25, 0.3) is 0 Å². The molecule has 0 saturated heterocycles. The van der Waals surface area contributed by atoms with Gasteiger partial charge in [-0.3, -0.25) is 4.79 Å². The van der Waals surface area contributed by atoms with Crippen LogP contribution in [0.2, 0.25) is 0 Å². The largest absolute Gasteiger partial charge is 0.493 e. The number of hydrogen-bond donors (Lipinski definition) is 0. The maximum absolute atomic E-state index is 11.8. The minimum absolute atomic E-state index is 0.117. The number of ether oxygens (including phenoxy) is 2. The highest BCUT2D eigenvalue weighted by Crippen LogP contribution is 2.37. The smallest absolute Gasteiger partial charge is 0.306 e. The Morgan fingerprint density at radius 2 is 2.03 bits per heavy atom. The lowest BCUT2D eigenvalue weighted by Gasteiger charge is -2.12. The van der Waals surface area contributed by atoms with Gasteiger partial charge in [0, 0.05) is 12.0 Å². The summed E-state index contributed by atoms with van der Waals surface area (Å²) < 4.78 is 16.9. The number of oxazole rings is 1. The average Bonchev–Trinajstić information content (AvgIpc) is 3.32. The quantitative estimate of drug-likeness (QED) is 0.479. The van der Waals surface area contributed by atoms with Crippen LogP contribution in [0.25, 0.3) is 11.5 Å². The van der Waals surface area contributed by atoms with E-state index >= 15 is 0 Å². The molecule has 2 aromatic carbocycles. The highest BCUT2D eigenvalue weighted by atomic mass is 16.5. The van der Waals surface area contributed by atoms with Crippen molar-refractivity contribution in [3.8, 4) is 17.2 Å². The summed E-state index contributed by atoms with van der Waals surface area (Å²) in [7, 11) is 0. The average molecular weight is 405 g/mol. The van der Waals surface area contributed by atoms with Crippen molar-refractivity contribution in [2.45, 2.75) is 45.4 Å². The topological polar surface area (TPSA) is 61.6 Å². The summed E-state index contributed by atoms with van der Waals surface area (Å²) in [5, 5.41) is 0. The Labute approximate surface area is 177 Å². The maximum Gasteiger partial charge on any atom is 0.306 e. The van der Waals surface area contributed by atoms with Gasteiger partial charge in [-0.05, 0) is 68.0 Å². The van der Waals surface area contributed by atoms with Crippen LogP contribution < -0.4 is 4.74 Å². The lowest BCUT2D eigenvalue weighted by Crippen LogP contribution is -2.08. The zero-order valence-corrected chi connectivity index (χ0v) is 17.5. The normalized spacial score (nSPS) is 15.1. The van der Waals surface area contributed by atoms with Crippen LogP contribution in [0.3, 0.4) is 0 Å². The van der Waals surface area contributed by atoms with Crippen molar-refractivity contribution in [2.24, 2.45) is 0 Å². The highest BCUT2D eigenvalue weighted by Gasteiger charge is 2.25. The summed E-state index contributed by atoms with van der Waals surface area (Å²) in [4.78, 5) is 16.4. The summed E-state index contributed by atoms with van der Waals surface area (Å²) in [6, 6.07) is 16.1. The Balaban J connectivity index is 1.34. The number of hydrogen-bond acceptors (Lipinski definition) is 5. The van der Waals surface area contributed by atoms with Gasteiger partial charge in [-0.15, -0.1) is 0 Å². The molecule has 0 fully saturated rings. The number of aromatic nitrogens is 1. The minimum Gasteiger partial charge on any atom is -0.493 e. The van der Waals surface area contributed by atoms with E-state index in [-0.39, 0.29) is 11.9 Å². The molecule has 0 saturated carbocycles. The summed E-state index contributed by atoms with van der Waals surface area (Å²) in [5.74, 6) is 2.47. The predicted octanol–water partition coefficient (Wildman–Crippen LogP) is 5.25. The van der Waals surface area contributed by atoms with Gasteiger partial charge < -0.3 is 13.9 Å². The Bertz CT molecular complexity index is 1010. The number of carbonyl (C=O) groups is 1. The second kappa shape index (κ2) is 9.16. The van der Waals surface area contributed by atoms with E-state index in [4.69, 9.17) is 13.9 Å². The van der Waals surface area contributed by atoms with E-state index in [1.54, 1.807) is 0 Å². The molecule has 0 N–H and O–H groups in total. The molecule has 30 heavy (non-hydrogen) atoms. The van der Waals surface area contributed by atoms with Gasteiger partial charge in [0.15, 0.2) is 0 Å². The maximum atomic E-state index is 11.8. The van der Waals surface area contributed by atoms with Crippen molar-refractivity contribution in [3.05, 3.63) is 71.1 Å². The molecule has 5 heteroatoms. The number of nitrogens with zero attached hydrogens (tertiary/aromatic N) is 1. The third-order valence-electron chi connectivity index (χ3n) is 5.56. The minimum atomic E-state index is -0.117. The van der Waals surface area contributed by atoms with Crippen molar-refractivity contribution in [1.82, 2.24) is 4.98 Å². The van der Waals surface area contributed by atoms with Gasteiger partial charge in [-0.25, -0.2) is 4.98 Å². The van der Waals surface area contributed by atoms with E-state index in [1.807, 2.05) is 50.2 Å². The Hall–Kier alpha value is -3.08. The fraction of sp³-hybridized carbons (Fsp3) is 0.360. The Morgan fingerprint density at radius 3 is 2.83 bits per heavy atom. The van der Waals surface area contributed by atoms with Crippen LogP contribution in [0.5, 0.6) is 5.75 Å². The van der Waals surface area contributed by atoms with Crippen molar-refractivity contribution in [2.75, 3.05) is 13.2 Å². The molecule has 0 radical (unpaired) electrons. The number of benzene rings is 2. The third-order valence-corrected chi connectivity index (χ3v) is 5.56. The summed E-state index contributed by atoms with van der Waals surface area (Å²) in [5.41, 5.74) is 4.41. The van der Waals surface area contributed by atoms with E-state index in [1.165, 1.54) is 11.1 Å². The van der Waals surface area contributed by atoms with E-state index in [2.05, 4.69) is 17.1 Å². The summed E-state index contributed by atoms with van der Waals surface area (Å²) in [6.45, 7) is 4.75. The molecule has 156 valence electrons. The third kappa shape index (κ3) is 4.56. The number of rotatable bonds is 8. The molecule has 5 nitrogen and oxygen atoms in total. The van der Waals surface area contributed by atoms with Crippen LogP contribution in [-0.2, 0) is 22.4 Å². The molecule has 1 atom stereocenters. The molecule has 0 aliphatic heterocycles. The second-order valence-corrected chi connectivity index (χ2v) is 7.59. The van der Waals surface area contributed by atoms with Crippen LogP contribution >= 0.6 is 0 Å². The van der Waals surface area contributed by atoms with Gasteiger partial charge >= 0.3 is 5.97 Å². The van der Waals surface area contributed by atoms with Crippen molar-refractivity contribution < 1.29 is 18.7 Å². The fourth-order valence-electron chi connectivity index (χ4n) is 4.03. The molecule has 1 aliphatic rings. The lowest BCUT2D eigenvalue weighted by molar-refractivity contribution is -0.143. The van der Waals surface area contributed by atoms with Crippen molar-refractivity contribution >= 4 is 5.97 Å². The highest BCUT2D eigenvalue weighted by molar-refractivity contribution is 5.71. The first-order valence-corrected chi connectivity index (χ1v) is 10.6. The fourth-order valence-corrected chi connectivity index (χ4v) is 4.03. The number of esters is 1. The Morgan fingerprint density at radius 1 is 1.20 bits per heavy atom. The monoisotopic (exact) mass is 405 g/mol. The zero-order chi connectivity index (χ0) is 20.9. The van der Waals surface area contributed by atoms with E-state index in [0.29, 0.717) is 31.9 Å². The second-order valence-electron chi connectivity index (χ2n) is 7.59. The van der Waals surface area contributed by atoms with E-state index < -0.39 is 0 Å². The molecular weight excluding hydrogens is 378 g/mol. The summed E-state index contributed by atoms with van der Waals surface area (Å²) >= 11 is 0.